The Morgan fingerprint density at radius 3 is 2.74 bits per heavy atom. The number of furan rings is 1. The van der Waals surface area contributed by atoms with Crippen molar-refractivity contribution >= 4 is 34.9 Å². The van der Waals surface area contributed by atoms with Crippen LogP contribution in [0.15, 0.2) is 34.9 Å². The molecule has 2 aromatic rings. The van der Waals surface area contributed by atoms with Gasteiger partial charge < -0.3 is 19.0 Å². The van der Waals surface area contributed by atoms with E-state index in [0.717, 1.165) is 5.69 Å². The van der Waals surface area contributed by atoms with E-state index in [1.165, 1.54) is 19.4 Å². The summed E-state index contributed by atoms with van der Waals surface area (Å²) in [5.74, 6) is -0.785. The van der Waals surface area contributed by atoms with Crippen LogP contribution in [0.4, 0.5) is 11.4 Å². The first-order valence-corrected chi connectivity index (χ1v) is 7.38. The highest BCUT2D eigenvalue weighted by molar-refractivity contribution is 6.31. The van der Waals surface area contributed by atoms with E-state index in [1.54, 1.807) is 17.0 Å². The average Bonchev–Trinajstić information content (AvgIpc) is 3.03. The van der Waals surface area contributed by atoms with Crippen LogP contribution in [0.25, 0.3) is 0 Å². The lowest BCUT2D eigenvalue weighted by molar-refractivity contribution is 0.0600. The topological polar surface area (TPSA) is 63.0 Å². The Morgan fingerprint density at radius 2 is 2.00 bits per heavy atom. The lowest BCUT2D eigenvalue weighted by atomic mass is 10.1. The molecule has 0 unspecified atom stereocenters. The quantitative estimate of drug-likeness (QED) is 0.790. The third kappa shape index (κ3) is 2.77. The van der Waals surface area contributed by atoms with Crippen molar-refractivity contribution in [3.05, 3.63) is 46.9 Å². The SMILES string of the molecule is COC(=O)c1coc(C(=O)N2CCN(C)c3ccc(Cl)cc32)c1. The van der Waals surface area contributed by atoms with Gasteiger partial charge in [-0.1, -0.05) is 11.6 Å². The second kappa shape index (κ2) is 5.96. The van der Waals surface area contributed by atoms with Crippen LogP contribution < -0.4 is 9.80 Å². The Bertz CT molecular complexity index is 771. The minimum Gasteiger partial charge on any atom is -0.465 e. The van der Waals surface area contributed by atoms with E-state index in [2.05, 4.69) is 9.64 Å². The molecular weight excluding hydrogens is 320 g/mol. The minimum atomic E-state index is -0.547. The first kappa shape index (κ1) is 15.4. The van der Waals surface area contributed by atoms with Crippen molar-refractivity contribution in [3.63, 3.8) is 0 Å². The van der Waals surface area contributed by atoms with Crippen molar-refractivity contribution in [2.24, 2.45) is 0 Å². The predicted molar refractivity (Wildman–Crippen MR) is 86.4 cm³/mol. The fourth-order valence-electron chi connectivity index (χ4n) is 2.54. The Kier molecular flexibility index (Phi) is 4.00. The van der Waals surface area contributed by atoms with Crippen LogP contribution in [0.1, 0.15) is 20.9 Å². The number of likely N-dealkylation sites (N-methyl/N-ethyl adjacent to an activating group) is 1. The summed E-state index contributed by atoms with van der Waals surface area (Å²) < 4.78 is 9.85. The van der Waals surface area contributed by atoms with Crippen LogP contribution in [0.5, 0.6) is 0 Å². The molecule has 0 spiro atoms. The van der Waals surface area contributed by atoms with Gasteiger partial charge in [0.15, 0.2) is 5.76 Å². The van der Waals surface area contributed by atoms with E-state index in [1.807, 2.05) is 13.1 Å². The fraction of sp³-hybridized carbons (Fsp3) is 0.250. The molecule has 3 rings (SSSR count). The van der Waals surface area contributed by atoms with Crippen LogP contribution in [-0.4, -0.2) is 39.1 Å². The molecule has 1 aromatic carbocycles. The number of hydrogen-bond acceptors (Lipinski definition) is 5. The normalized spacial score (nSPS) is 13.7. The maximum Gasteiger partial charge on any atom is 0.341 e. The summed E-state index contributed by atoms with van der Waals surface area (Å²) in [7, 11) is 3.23. The molecule has 0 radical (unpaired) electrons. The number of carbonyl (C=O) groups excluding carboxylic acids is 2. The number of halogens is 1. The van der Waals surface area contributed by atoms with Gasteiger partial charge in [-0.15, -0.1) is 0 Å². The lowest BCUT2D eigenvalue weighted by Crippen LogP contribution is -2.42. The first-order valence-electron chi connectivity index (χ1n) is 7.00. The van der Waals surface area contributed by atoms with Gasteiger partial charge in [0.25, 0.3) is 5.91 Å². The van der Waals surface area contributed by atoms with E-state index >= 15 is 0 Å². The molecule has 0 atom stereocenters. The molecule has 6 nitrogen and oxygen atoms in total. The molecule has 1 aliphatic rings. The monoisotopic (exact) mass is 334 g/mol. The van der Waals surface area contributed by atoms with E-state index < -0.39 is 5.97 Å². The Balaban J connectivity index is 1.95. The molecule has 0 saturated carbocycles. The number of carbonyl (C=O) groups is 2. The highest BCUT2D eigenvalue weighted by Gasteiger charge is 2.28. The molecule has 0 N–H and O–H groups in total. The van der Waals surface area contributed by atoms with Crippen molar-refractivity contribution in [2.45, 2.75) is 0 Å². The molecule has 1 aliphatic heterocycles. The van der Waals surface area contributed by atoms with Gasteiger partial charge in [0.2, 0.25) is 0 Å². The maximum atomic E-state index is 12.7. The Hall–Kier alpha value is -2.47. The summed E-state index contributed by atoms with van der Waals surface area (Å²) in [6.45, 7) is 1.18. The second-order valence-corrected chi connectivity index (χ2v) is 5.64. The summed E-state index contributed by atoms with van der Waals surface area (Å²) in [5.41, 5.74) is 1.83. The molecule has 0 aliphatic carbocycles. The van der Waals surface area contributed by atoms with Crippen molar-refractivity contribution in [2.75, 3.05) is 37.0 Å². The van der Waals surface area contributed by atoms with Gasteiger partial charge >= 0.3 is 5.97 Å². The second-order valence-electron chi connectivity index (χ2n) is 5.20. The van der Waals surface area contributed by atoms with Crippen molar-refractivity contribution < 1.29 is 18.7 Å². The smallest absolute Gasteiger partial charge is 0.341 e. The van der Waals surface area contributed by atoms with Crippen LogP contribution >= 0.6 is 11.6 Å². The number of esters is 1. The summed E-state index contributed by atoms with van der Waals surface area (Å²) in [6.07, 6.45) is 1.22. The molecular formula is C16H15ClN2O4. The van der Waals surface area contributed by atoms with Gasteiger partial charge in [-0.2, -0.15) is 0 Å². The van der Waals surface area contributed by atoms with Crippen LogP contribution in [0, 0.1) is 0 Å². The van der Waals surface area contributed by atoms with Crippen LogP contribution in [0.3, 0.4) is 0 Å². The number of benzene rings is 1. The van der Waals surface area contributed by atoms with Gasteiger partial charge in [-0.05, 0) is 18.2 Å². The maximum absolute atomic E-state index is 12.7. The van der Waals surface area contributed by atoms with Gasteiger partial charge in [-0.25, -0.2) is 4.79 Å². The number of nitrogens with zero attached hydrogens (tertiary/aromatic N) is 2. The minimum absolute atomic E-state index is 0.0841. The summed E-state index contributed by atoms with van der Waals surface area (Å²) >= 11 is 6.06. The molecule has 1 aromatic heterocycles. The van der Waals surface area contributed by atoms with Gasteiger partial charge in [0, 0.05) is 31.2 Å². The van der Waals surface area contributed by atoms with E-state index in [-0.39, 0.29) is 17.2 Å². The van der Waals surface area contributed by atoms with Crippen molar-refractivity contribution in [1.29, 1.82) is 0 Å². The summed E-state index contributed by atoms with van der Waals surface area (Å²) in [4.78, 5) is 27.9. The third-order valence-corrected chi connectivity index (χ3v) is 4.01. The average molecular weight is 335 g/mol. The number of rotatable bonds is 2. The van der Waals surface area contributed by atoms with E-state index in [0.29, 0.717) is 23.8 Å². The Morgan fingerprint density at radius 1 is 1.22 bits per heavy atom. The highest BCUT2D eigenvalue weighted by Crippen LogP contribution is 2.35. The summed E-state index contributed by atoms with van der Waals surface area (Å²) in [5, 5.41) is 0.548. The molecule has 120 valence electrons. The molecule has 2 heterocycles. The molecule has 23 heavy (non-hydrogen) atoms. The fourth-order valence-corrected chi connectivity index (χ4v) is 2.71. The zero-order chi connectivity index (χ0) is 16.6. The van der Waals surface area contributed by atoms with Gasteiger partial charge in [0.05, 0.1) is 24.0 Å². The van der Waals surface area contributed by atoms with E-state index in [4.69, 9.17) is 16.0 Å². The lowest BCUT2D eigenvalue weighted by Gasteiger charge is -2.35. The molecule has 1 amide bonds. The number of hydrogen-bond donors (Lipinski definition) is 0. The van der Waals surface area contributed by atoms with Crippen molar-refractivity contribution in [1.82, 2.24) is 0 Å². The Labute approximate surface area is 138 Å². The number of methoxy groups -OCH3 is 1. The van der Waals surface area contributed by atoms with Gasteiger partial charge in [0.1, 0.15) is 6.26 Å². The van der Waals surface area contributed by atoms with Crippen LogP contribution in [0.2, 0.25) is 5.02 Å². The van der Waals surface area contributed by atoms with Crippen LogP contribution in [-0.2, 0) is 4.74 Å². The third-order valence-electron chi connectivity index (χ3n) is 3.78. The zero-order valence-electron chi connectivity index (χ0n) is 12.7. The zero-order valence-corrected chi connectivity index (χ0v) is 13.5. The standard InChI is InChI=1S/C16H15ClN2O4/c1-18-5-6-19(13-8-11(17)3-4-12(13)18)15(20)14-7-10(9-23-14)16(21)22-2/h3-4,7-9H,5-6H2,1-2H3. The number of anilines is 2. The first-order chi connectivity index (χ1) is 11.0. The summed E-state index contributed by atoms with van der Waals surface area (Å²) in [6, 6.07) is 6.79. The molecule has 0 bridgehead atoms. The van der Waals surface area contributed by atoms with Crippen molar-refractivity contribution in [3.8, 4) is 0 Å². The predicted octanol–water partition coefficient (Wildman–Crippen LogP) is 2.82. The highest BCUT2D eigenvalue weighted by atomic mass is 35.5. The molecule has 0 saturated heterocycles. The molecule has 0 fully saturated rings. The number of amides is 1. The largest absolute Gasteiger partial charge is 0.465 e. The molecule has 7 heteroatoms. The number of ether oxygens (including phenoxy) is 1. The number of fused-ring (bicyclic) bond motifs is 1. The van der Waals surface area contributed by atoms with Gasteiger partial charge in [-0.3, -0.25) is 4.79 Å². The van der Waals surface area contributed by atoms with E-state index in [9.17, 15) is 9.59 Å².